The van der Waals surface area contributed by atoms with Crippen molar-refractivity contribution in [2.24, 2.45) is 4.36 Å². The first-order valence-electron chi connectivity index (χ1n) is 5.22. The summed E-state index contributed by atoms with van der Waals surface area (Å²) >= 11 is 0. The first-order chi connectivity index (χ1) is 8.97. The lowest BCUT2D eigenvalue weighted by molar-refractivity contribution is -0.151. The summed E-state index contributed by atoms with van der Waals surface area (Å²) in [4.78, 5) is 11.4. The molecule has 0 saturated carbocycles. The Morgan fingerprint density at radius 2 is 2.00 bits per heavy atom. The van der Waals surface area contributed by atoms with Gasteiger partial charge in [0.05, 0.1) is 6.61 Å². The van der Waals surface area contributed by atoms with Gasteiger partial charge >= 0.3 is 16.5 Å². The van der Waals surface area contributed by atoms with Crippen LogP contribution in [0.15, 0.2) is 34.7 Å². The maximum atomic E-state index is 11.4. The monoisotopic (exact) mass is 287 g/mol. The molecule has 0 radical (unpaired) electrons. The lowest BCUT2D eigenvalue weighted by atomic mass is 9.89. The summed E-state index contributed by atoms with van der Waals surface area (Å²) in [5.74, 6) is -1.59. The smallest absolute Gasteiger partial charge is 0.338 e. The Hall–Kier alpha value is -1.77. The predicted molar refractivity (Wildman–Crippen MR) is 65.0 cm³/mol. The molecule has 104 valence electrons. The Kier molecular flexibility index (Phi) is 5.16. The molecule has 2 N–H and O–H groups in total. The van der Waals surface area contributed by atoms with Crippen LogP contribution in [0.1, 0.15) is 11.7 Å². The number of rotatable bonds is 6. The van der Waals surface area contributed by atoms with E-state index in [1.807, 2.05) is 0 Å². The maximum absolute atomic E-state index is 11.4. The summed E-state index contributed by atoms with van der Waals surface area (Å²) < 4.78 is 29.6. The third-order valence-electron chi connectivity index (χ3n) is 2.62. The van der Waals surface area contributed by atoms with E-state index in [9.17, 15) is 23.4 Å². The van der Waals surface area contributed by atoms with Crippen molar-refractivity contribution >= 4 is 16.5 Å². The first-order valence-corrected chi connectivity index (χ1v) is 6.25. The number of nitrogens with zero attached hydrogens (tertiary/aromatic N) is 1. The van der Waals surface area contributed by atoms with Crippen LogP contribution >= 0.6 is 0 Å². The third kappa shape index (κ3) is 3.16. The number of hydrogen-bond donors (Lipinski definition) is 2. The number of benzene rings is 1. The molecule has 1 aromatic carbocycles. The number of carbonyl (C=O) groups is 1. The van der Waals surface area contributed by atoms with Gasteiger partial charge in [-0.3, -0.25) is 0 Å². The van der Waals surface area contributed by atoms with Gasteiger partial charge < -0.3 is 14.9 Å². The van der Waals surface area contributed by atoms with Crippen LogP contribution in [0.3, 0.4) is 0 Å². The van der Waals surface area contributed by atoms with Crippen molar-refractivity contribution in [3.05, 3.63) is 35.9 Å². The highest BCUT2D eigenvalue weighted by atomic mass is 32.2. The van der Waals surface area contributed by atoms with Crippen LogP contribution in [0.2, 0.25) is 0 Å². The highest BCUT2D eigenvalue weighted by Crippen LogP contribution is 2.32. The zero-order valence-corrected chi connectivity index (χ0v) is 10.9. The van der Waals surface area contributed by atoms with Crippen molar-refractivity contribution in [1.29, 1.82) is 0 Å². The Morgan fingerprint density at radius 3 is 2.37 bits per heavy atom. The molecule has 0 heterocycles. The van der Waals surface area contributed by atoms with Crippen molar-refractivity contribution < 1.29 is 28.2 Å². The topological polar surface area (TPSA) is 113 Å². The van der Waals surface area contributed by atoms with Gasteiger partial charge in [0, 0.05) is 7.11 Å². The van der Waals surface area contributed by atoms with Crippen LogP contribution in [0.5, 0.6) is 0 Å². The summed E-state index contributed by atoms with van der Waals surface area (Å²) in [5, 5.41) is 18.6. The average Bonchev–Trinajstić information content (AvgIpc) is 2.38. The zero-order chi connectivity index (χ0) is 14.5. The highest BCUT2D eigenvalue weighted by molar-refractivity contribution is 7.61. The second-order valence-electron chi connectivity index (χ2n) is 3.72. The Balaban J connectivity index is 3.45. The van der Waals surface area contributed by atoms with E-state index in [2.05, 4.69) is 4.36 Å². The molecule has 0 aliphatic carbocycles. The summed E-state index contributed by atoms with van der Waals surface area (Å²) in [6, 6.07) is 8.11. The molecule has 0 fully saturated rings. The van der Waals surface area contributed by atoms with E-state index in [4.69, 9.17) is 4.74 Å². The van der Waals surface area contributed by atoms with Gasteiger partial charge in [-0.2, -0.15) is 8.42 Å². The summed E-state index contributed by atoms with van der Waals surface area (Å²) in [6.45, 7) is -1.01. The lowest BCUT2D eigenvalue weighted by Crippen LogP contribution is -2.47. The van der Waals surface area contributed by atoms with Crippen molar-refractivity contribution in [2.45, 2.75) is 11.6 Å². The SMILES string of the molecule is COC(c1ccccc1)[C@@](CO)(N=S(=O)=O)C(=O)O. The number of aliphatic carboxylic acids is 1. The average molecular weight is 287 g/mol. The minimum absolute atomic E-state index is 0.399. The zero-order valence-electron chi connectivity index (χ0n) is 10.1. The van der Waals surface area contributed by atoms with Gasteiger partial charge in [-0.1, -0.05) is 30.3 Å². The molecule has 7 nitrogen and oxygen atoms in total. The van der Waals surface area contributed by atoms with Gasteiger partial charge in [0.15, 0.2) is 0 Å². The Morgan fingerprint density at radius 1 is 1.42 bits per heavy atom. The Bertz CT molecular complexity index is 562. The number of ether oxygens (including phenoxy) is 1. The van der Waals surface area contributed by atoms with Crippen LogP contribution in [0.4, 0.5) is 0 Å². The van der Waals surface area contributed by atoms with E-state index in [0.717, 1.165) is 0 Å². The number of aliphatic hydroxyl groups excluding tert-OH is 1. The molecule has 0 amide bonds. The molecule has 8 heteroatoms. The number of carboxylic acids is 1. The maximum Gasteiger partial charge on any atom is 0.338 e. The van der Waals surface area contributed by atoms with Gasteiger partial charge in [-0.15, -0.1) is 4.36 Å². The molecule has 19 heavy (non-hydrogen) atoms. The fourth-order valence-electron chi connectivity index (χ4n) is 1.75. The molecular weight excluding hydrogens is 274 g/mol. The van der Waals surface area contributed by atoms with E-state index in [0.29, 0.717) is 5.56 Å². The largest absolute Gasteiger partial charge is 0.479 e. The fourth-order valence-corrected chi connectivity index (χ4v) is 2.24. The lowest BCUT2D eigenvalue weighted by Gasteiger charge is -2.29. The van der Waals surface area contributed by atoms with Crippen LogP contribution < -0.4 is 0 Å². The number of hydrogen-bond acceptors (Lipinski definition) is 6. The summed E-state index contributed by atoms with van der Waals surface area (Å²) in [5.41, 5.74) is -1.90. The highest BCUT2D eigenvalue weighted by Gasteiger charge is 2.48. The molecule has 1 unspecified atom stereocenters. The molecule has 0 spiro atoms. The Labute approximate surface area is 111 Å². The second kappa shape index (κ2) is 6.41. The van der Waals surface area contributed by atoms with Gasteiger partial charge in [-0.25, -0.2) is 4.79 Å². The minimum atomic E-state index is -3.00. The summed E-state index contributed by atoms with van der Waals surface area (Å²) in [6.07, 6.45) is -1.23. The van der Waals surface area contributed by atoms with Gasteiger partial charge in [-0.05, 0) is 5.56 Å². The van der Waals surface area contributed by atoms with E-state index in [1.54, 1.807) is 30.3 Å². The van der Waals surface area contributed by atoms with Crippen molar-refractivity contribution in [2.75, 3.05) is 13.7 Å². The number of carboxylic acid groups (broad SMARTS) is 1. The molecule has 0 bridgehead atoms. The normalized spacial score (nSPS) is 15.3. The van der Waals surface area contributed by atoms with E-state index in [-0.39, 0.29) is 0 Å². The van der Waals surface area contributed by atoms with Gasteiger partial charge in [0.25, 0.3) is 0 Å². The third-order valence-corrected chi connectivity index (χ3v) is 3.10. The summed E-state index contributed by atoms with van der Waals surface area (Å²) in [7, 11) is -1.78. The van der Waals surface area contributed by atoms with Crippen molar-refractivity contribution in [3.63, 3.8) is 0 Å². The van der Waals surface area contributed by atoms with Crippen molar-refractivity contribution in [3.8, 4) is 0 Å². The van der Waals surface area contributed by atoms with Gasteiger partial charge in [0.1, 0.15) is 6.10 Å². The molecule has 0 aliphatic heterocycles. The molecule has 0 aliphatic rings. The van der Waals surface area contributed by atoms with Crippen LogP contribution in [-0.4, -0.2) is 43.9 Å². The van der Waals surface area contributed by atoms with E-state index >= 15 is 0 Å². The standard InChI is InChI=1S/C11H13NO6S/c1-18-9(8-5-3-2-4-6-8)11(7-13,10(14)15)12-19(16)17/h2-6,9,13H,7H2,1H3,(H,14,15)/t9?,11-/m1/s1. The number of aliphatic hydroxyl groups is 1. The van der Waals surface area contributed by atoms with E-state index in [1.165, 1.54) is 7.11 Å². The molecule has 1 aromatic rings. The van der Waals surface area contributed by atoms with Crippen LogP contribution in [-0.2, 0) is 20.0 Å². The molecule has 0 aromatic heterocycles. The minimum Gasteiger partial charge on any atom is -0.479 e. The quantitative estimate of drug-likeness (QED) is 0.775. The molecule has 0 saturated heterocycles. The van der Waals surface area contributed by atoms with Gasteiger partial charge in [0.2, 0.25) is 5.54 Å². The molecule has 1 rings (SSSR count). The van der Waals surface area contributed by atoms with Crippen LogP contribution in [0, 0.1) is 0 Å². The van der Waals surface area contributed by atoms with Crippen molar-refractivity contribution in [1.82, 2.24) is 0 Å². The fraction of sp³-hybridized carbons (Fsp3) is 0.364. The molecular formula is C11H13NO6S. The van der Waals surface area contributed by atoms with E-state index < -0.39 is 34.7 Å². The number of methoxy groups -OCH3 is 1. The predicted octanol–water partition coefficient (Wildman–Crippen LogP) is 0.252. The van der Waals surface area contributed by atoms with Crippen LogP contribution in [0.25, 0.3) is 0 Å². The first kappa shape index (κ1) is 15.3. The second-order valence-corrected chi connectivity index (χ2v) is 4.34. The molecule has 2 atom stereocenters.